The number of hydrogen-bond donors (Lipinski definition) is 0. The summed E-state index contributed by atoms with van der Waals surface area (Å²) in [6, 6.07) is 5.63. The Morgan fingerprint density at radius 2 is 1.64 bits per heavy atom. The van der Waals surface area contributed by atoms with E-state index < -0.39 is 4.84 Å². The molecule has 0 N–H and O–H groups in total. The molecule has 1 saturated heterocycles. The number of piperazine rings is 1. The predicted octanol–water partition coefficient (Wildman–Crippen LogP) is 2.11. The van der Waals surface area contributed by atoms with Gasteiger partial charge in [0, 0.05) is 32.6 Å². The molecule has 0 atom stereocenters. The van der Waals surface area contributed by atoms with Crippen molar-refractivity contribution in [1.29, 1.82) is 0 Å². The molecule has 1 aliphatic heterocycles. The first-order chi connectivity index (χ1) is 12.0. The topological polar surface area (TPSA) is 59.1 Å². The largest absolute Gasteiger partial charge is 0.493 e. The van der Waals surface area contributed by atoms with Crippen molar-refractivity contribution in [2.24, 2.45) is 0 Å². The number of benzene rings is 1. The lowest BCUT2D eigenvalue weighted by atomic mass is 10.1. The molecule has 1 heterocycles. The summed E-state index contributed by atoms with van der Waals surface area (Å²) in [5, 5.41) is 0. The normalized spacial score (nSPS) is 14.6. The molecule has 2 amide bonds. The molecule has 0 radical (unpaired) electrons. The van der Waals surface area contributed by atoms with Crippen LogP contribution in [0.5, 0.6) is 11.5 Å². The third-order valence-electron chi connectivity index (χ3n) is 4.21. The van der Waals surface area contributed by atoms with Crippen molar-refractivity contribution in [3.8, 4) is 11.5 Å². The van der Waals surface area contributed by atoms with E-state index in [-0.39, 0.29) is 11.8 Å². The standard InChI is InChI=1S/C17H22Cl2N2O4/c1-24-13-5-3-12(11-14(13)25-2)4-6-15(22)20-7-9-21(10-8-20)17(23)16(18)19/h3,5,11,16H,4,6-10H2,1-2H3. The summed E-state index contributed by atoms with van der Waals surface area (Å²) in [5.41, 5.74) is 1.01. The SMILES string of the molecule is COc1ccc(CCC(=O)N2CCN(C(=O)C(Cl)Cl)CC2)cc1OC. The van der Waals surface area contributed by atoms with Crippen LogP contribution in [0, 0.1) is 0 Å². The second-order valence-corrected chi connectivity index (χ2v) is 6.79. The molecule has 1 fully saturated rings. The van der Waals surface area contributed by atoms with E-state index in [1.54, 1.807) is 24.0 Å². The van der Waals surface area contributed by atoms with E-state index in [1.807, 2.05) is 18.2 Å². The van der Waals surface area contributed by atoms with Gasteiger partial charge in [0.25, 0.3) is 5.91 Å². The van der Waals surface area contributed by atoms with Crippen molar-refractivity contribution < 1.29 is 19.1 Å². The van der Waals surface area contributed by atoms with Gasteiger partial charge in [-0.2, -0.15) is 0 Å². The summed E-state index contributed by atoms with van der Waals surface area (Å²) < 4.78 is 10.5. The molecule has 1 aromatic carbocycles. The minimum absolute atomic E-state index is 0.0650. The number of nitrogens with zero attached hydrogens (tertiary/aromatic N) is 2. The first kappa shape index (κ1) is 19.7. The number of rotatable bonds is 6. The van der Waals surface area contributed by atoms with Crippen LogP contribution in [0.2, 0.25) is 0 Å². The fraction of sp³-hybridized carbons (Fsp3) is 0.529. The number of halogens is 2. The number of carbonyl (C=O) groups excluding carboxylic acids is 2. The molecule has 1 aliphatic rings. The zero-order valence-corrected chi connectivity index (χ0v) is 15.8. The maximum atomic E-state index is 12.4. The Balaban J connectivity index is 1.84. The van der Waals surface area contributed by atoms with E-state index in [2.05, 4.69) is 0 Å². The number of amides is 2. The lowest BCUT2D eigenvalue weighted by molar-refractivity contribution is -0.138. The maximum absolute atomic E-state index is 12.4. The van der Waals surface area contributed by atoms with Crippen molar-refractivity contribution >= 4 is 35.0 Å². The molecule has 0 aromatic heterocycles. The fourth-order valence-corrected chi connectivity index (χ4v) is 3.04. The smallest absolute Gasteiger partial charge is 0.255 e. The van der Waals surface area contributed by atoms with Crippen LogP contribution in [0.3, 0.4) is 0 Å². The number of ether oxygens (including phenoxy) is 2. The molecule has 1 aromatic rings. The van der Waals surface area contributed by atoms with Crippen LogP contribution in [0.1, 0.15) is 12.0 Å². The summed E-state index contributed by atoms with van der Waals surface area (Å²) in [6.07, 6.45) is 1.01. The van der Waals surface area contributed by atoms with Crippen LogP contribution in [-0.4, -0.2) is 66.8 Å². The summed E-state index contributed by atoms with van der Waals surface area (Å²) in [4.78, 5) is 26.4. The van der Waals surface area contributed by atoms with Gasteiger partial charge in [0.05, 0.1) is 14.2 Å². The van der Waals surface area contributed by atoms with Gasteiger partial charge in [0.2, 0.25) is 5.91 Å². The van der Waals surface area contributed by atoms with E-state index in [4.69, 9.17) is 32.7 Å². The van der Waals surface area contributed by atoms with Crippen molar-refractivity contribution in [1.82, 2.24) is 9.80 Å². The highest BCUT2D eigenvalue weighted by molar-refractivity contribution is 6.53. The average molecular weight is 389 g/mol. The highest BCUT2D eigenvalue weighted by Crippen LogP contribution is 2.28. The summed E-state index contributed by atoms with van der Waals surface area (Å²) in [5.74, 6) is 1.07. The summed E-state index contributed by atoms with van der Waals surface area (Å²) >= 11 is 11.2. The molecule has 6 nitrogen and oxygen atoms in total. The van der Waals surface area contributed by atoms with Crippen molar-refractivity contribution in [2.45, 2.75) is 17.7 Å². The van der Waals surface area contributed by atoms with Gasteiger partial charge in [-0.15, -0.1) is 0 Å². The van der Waals surface area contributed by atoms with Crippen LogP contribution < -0.4 is 9.47 Å². The van der Waals surface area contributed by atoms with Crippen molar-refractivity contribution in [2.75, 3.05) is 40.4 Å². The number of hydrogen-bond acceptors (Lipinski definition) is 4. The second-order valence-electron chi connectivity index (χ2n) is 5.70. The Bertz CT molecular complexity index is 617. The van der Waals surface area contributed by atoms with Crippen LogP contribution in [0.15, 0.2) is 18.2 Å². The maximum Gasteiger partial charge on any atom is 0.255 e. The van der Waals surface area contributed by atoms with E-state index in [0.29, 0.717) is 50.5 Å². The molecule has 8 heteroatoms. The monoisotopic (exact) mass is 388 g/mol. The number of carbonyl (C=O) groups is 2. The molecule has 0 saturated carbocycles. The zero-order valence-electron chi connectivity index (χ0n) is 14.3. The molecule has 0 unspecified atom stereocenters. The van der Waals surface area contributed by atoms with Crippen molar-refractivity contribution in [3.05, 3.63) is 23.8 Å². The highest BCUT2D eigenvalue weighted by Gasteiger charge is 2.26. The Hall–Kier alpha value is -1.66. The zero-order chi connectivity index (χ0) is 18.4. The summed E-state index contributed by atoms with van der Waals surface area (Å²) in [7, 11) is 3.17. The van der Waals surface area contributed by atoms with Crippen LogP contribution in [0.25, 0.3) is 0 Å². The number of alkyl halides is 2. The van der Waals surface area contributed by atoms with Crippen molar-refractivity contribution in [3.63, 3.8) is 0 Å². The molecule has 2 rings (SSSR count). The second kappa shape index (κ2) is 9.15. The fourth-order valence-electron chi connectivity index (χ4n) is 2.76. The van der Waals surface area contributed by atoms with Crippen LogP contribution in [0.4, 0.5) is 0 Å². The Morgan fingerprint density at radius 1 is 1.04 bits per heavy atom. The average Bonchev–Trinajstić information content (AvgIpc) is 2.65. The molecule has 0 bridgehead atoms. The van der Waals surface area contributed by atoms with E-state index >= 15 is 0 Å². The molecule has 0 spiro atoms. The van der Waals surface area contributed by atoms with Gasteiger partial charge in [0.1, 0.15) is 0 Å². The van der Waals surface area contributed by atoms with Gasteiger partial charge < -0.3 is 19.3 Å². The molecular formula is C17H22Cl2N2O4. The van der Waals surface area contributed by atoms with E-state index in [9.17, 15) is 9.59 Å². The van der Waals surface area contributed by atoms with Gasteiger partial charge in [-0.05, 0) is 24.1 Å². The Morgan fingerprint density at radius 3 is 2.20 bits per heavy atom. The van der Waals surface area contributed by atoms with Gasteiger partial charge in [0.15, 0.2) is 16.3 Å². The first-order valence-electron chi connectivity index (χ1n) is 8.02. The van der Waals surface area contributed by atoms with Gasteiger partial charge >= 0.3 is 0 Å². The highest BCUT2D eigenvalue weighted by atomic mass is 35.5. The minimum atomic E-state index is -1.05. The lowest BCUT2D eigenvalue weighted by Gasteiger charge is -2.35. The number of methoxy groups -OCH3 is 2. The van der Waals surface area contributed by atoms with E-state index in [0.717, 1.165) is 5.56 Å². The molecule has 138 valence electrons. The van der Waals surface area contributed by atoms with Crippen LogP contribution >= 0.6 is 23.2 Å². The molecule has 0 aliphatic carbocycles. The van der Waals surface area contributed by atoms with E-state index in [1.165, 1.54) is 0 Å². The third-order valence-corrected chi connectivity index (χ3v) is 4.58. The summed E-state index contributed by atoms with van der Waals surface area (Å²) in [6.45, 7) is 1.90. The predicted molar refractivity (Wildman–Crippen MR) is 96.5 cm³/mol. The third kappa shape index (κ3) is 5.16. The quantitative estimate of drug-likeness (QED) is 0.700. The Labute approximate surface area is 157 Å². The lowest BCUT2D eigenvalue weighted by Crippen LogP contribution is -2.51. The van der Waals surface area contributed by atoms with Gasteiger partial charge in [-0.25, -0.2) is 0 Å². The Kier molecular flexibility index (Phi) is 7.20. The molecule has 25 heavy (non-hydrogen) atoms. The first-order valence-corrected chi connectivity index (χ1v) is 8.89. The van der Waals surface area contributed by atoms with Crippen LogP contribution in [-0.2, 0) is 16.0 Å². The molecular weight excluding hydrogens is 367 g/mol. The minimum Gasteiger partial charge on any atom is -0.493 e. The van der Waals surface area contributed by atoms with Gasteiger partial charge in [-0.1, -0.05) is 29.3 Å². The number of aryl methyl sites for hydroxylation is 1. The van der Waals surface area contributed by atoms with Gasteiger partial charge in [-0.3, -0.25) is 9.59 Å².